The lowest BCUT2D eigenvalue weighted by atomic mass is 10.2. The SMILES string of the molecule is CCOC(=O)Oc1ccc(NC(=O)N2CCN(c3ccc(F)cc3)CC2)cc1. The molecule has 1 aliphatic heterocycles. The Morgan fingerprint density at radius 3 is 2.25 bits per heavy atom. The molecule has 0 aliphatic carbocycles. The van der Waals surface area contributed by atoms with Crippen molar-refractivity contribution < 1.29 is 23.5 Å². The molecule has 2 aromatic rings. The summed E-state index contributed by atoms with van der Waals surface area (Å²) in [4.78, 5) is 27.6. The van der Waals surface area contributed by atoms with Gasteiger partial charge in [0.2, 0.25) is 0 Å². The van der Waals surface area contributed by atoms with Crippen molar-refractivity contribution in [2.75, 3.05) is 43.0 Å². The molecule has 1 N–H and O–H groups in total. The van der Waals surface area contributed by atoms with Crippen LogP contribution in [0.5, 0.6) is 5.75 Å². The number of rotatable bonds is 4. The fourth-order valence-electron chi connectivity index (χ4n) is 2.87. The van der Waals surface area contributed by atoms with Crippen LogP contribution < -0.4 is 15.0 Å². The number of amides is 2. The average Bonchev–Trinajstić information content (AvgIpc) is 2.70. The first kappa shape index (κ1) is 19.5. The minimum atomic E-state index is -0.765. The van der Waals surface area contributed by atoms with Crippen molar-refractivity contribution in [3.05, 3.63) is 54.3 Å². The van der Waals surface area contributed by atoms with Crippen LogP contribution in [0.4, 0.5) is 25.4 Å². The van der Waals surface area contributed by atoms with Gasteiger partial charge in [0.15, 0.2) is 0 Å². The average molecular weight is 387 g/mol. The molecule has 3 rings (SSSR count). The zero-order valence-electron chi connectivity index (χ0n) is 15.6. The molecule has 28 heavy (non-hydrogen) atoms. The Kier molecular flexibility index (Phi) is 6.31. The first-order chi connectivity index (χ1) is 13.5. The van der Waals surface area contributed by atoms with Crippen LogP contribution in [0, 0.1) is 5.82 Å². The van der Waals surface area contributed by atoms with Gasteiger partial charge in [0.05, 0.1) is 6.61 Å². The first-order valence-corrected chi connectivity index (χ1v) is 9.06. The van der Waals surface area contributed by atoms with E-state index in [2.05, 4.69) is 10.2 Å². The molecule has 2 amide bonds. The third-order valence-corrected chi connectivity index (χ3v) is 4.33. The van der Waals surface area contributed by atoms with Crippen molar-refractivity contribution in [1.82, 2.24) is 4.90 Å². The smallest absolute Gasteiger partial charge is 0.434 e. The molecule has 1 heterocycles. The summed E-state index contributed by atoms with van der Waals surface area (Å²) >= 11 is 0. The highest BCUT2D eigenvalue weighted by molar-refractivity contribution is 5.89. The van der Waals surface area contributed by atoms with Gasteiger partial charge in [0, 0.05) is 37.6 Å². The number of carbonyl (C=O) groups excluding carboxylic acids is 2. The first-order valence-electron chi connectivity index (χ1n) is 9.06. The van der Waals surface area contributed by atoms with Gasteiger partial charge < -0.3 is 24.6 Å². The van der Waals surface area contributed by atoms with Gasteiger partial charge >= 0.3 is 12.2 Å². The summed E-state index contributed by atoms with van der Waals surface area (Å²) < 4.78 is 22.7. The maximum absolute atomic E-state index is 13.0. The number of carbonyl (C=O) groups is 2. The molecule has 1 saturated heterocycles. The molecule has 1 fully saturated rings. The highest BCUT2D eigenvalue weighted by Crippen LogP contribution is 2.19. The molecule has 0 spiro atoms. The Balaban J connectivity index is 1.49. The van der Waals surface area contributed by atoms with Gasteiger partial charge in [-0.3, -0.25) is 0 Å². The third kappa shape index (κ3) is 5.12. The third-order valence-electron chi connectivity index (χ3n) is 4.33. The molecule has 0 aromatic heterocycles. The Labute approximate surface area is 162 Å². The standard InChI is InChI=1S/C20H22FN3O4/c1-2-27-20(26)28-18-9-5-16(6-10-18)22-19(25)24-13-11-23(12-14-24)17-7-3-15(21)4-8-17/h3-10H,2,11-14H2,1H3,(H,22,25). The van der Waals surface area contributed by atoms with Crippen molar-refractivity contribution >= 4 is 23.6 Å². The molecule has 2 aromatic carbocycles. The predicted molar refractivity (Wildman–Crippen MR) is 103 cm³/mol. The van der Waals surface area contributed by atoms with E-state index in [9.17, 15) is 14.0 Å². The number of anilines is 2. The van der Waals surface area contributed by atoms with Gasteiger partial charge in [-0.2, -0.15) is 0 Å². The number of nitrogens with one attached hydrogen (secondary N) is 1. The molecule has 0 unspecified atom stereocenters. The molecule has 0 saturated carbocycles. The van der Waals surface area contributed by atoms with Gasteiger partial charge in [0.1, 0.15) is 11.6 Å². The minimum absolute atomic E-state index is 0.196. The zero-order valence-corrected chi connectivity index (χ0v) is 15.6. The molecular weight excluding hydrogens is 365 g/mol. The summed E-state index contributed by atoms with van der Waals surface area (Å²) in [5, 5.41) is 2.83. The summed E-state index contributed by atoms with van der Waals surface area (Å²) in [6.07, 6.45) is -0.765. The number of halogens is 1. The van der Waals surface area contributed by atoms with Crippen LogP contribution in [0.15, 0.2) is 48.5 Å². The van der Waals surface area contributed by atoms with Crippen LogP contribution in [-0.4, -0.2) is 49.9 Å². The van der Waals surface area contributed by atoms with E-state index in [0.717, 1.165) is 5.69 Å². The predicted octanol–water partition coefficient (Wildman–Crippen LogP) is 3.72. The fraction of sp³-hybridized carbons (Fsp3) is 0.300. The number of urea groups is 1. The Hall–Kier alpha value is -3.29. The highest BCUT2D eigenvalue weighted by Gasteiger charge is 2.21. The maximum Gasteiger partial charge on any atom is 0.513 e. The largest absolute Gasteiger partial charge is 0.513 e. The van der Waals surface area contributed by atoms with E-state index < -0.39 is 6.16 Å². The normalized spacial score (nSPS) is 13.8. The van der Waals surface area contributed by atoms with Gasteiger partial charge in [0.25, 0.3) is 0 Å². The van der Waals surface area contributed by atoms with Crippen LogP contribution in [0.3, 0.4) is 0 Å². The van der Waals surface area contributed by atoms with Crippen molar-refractivity contribution in [2.45, 2.75) is 6.92 Å². The van der Waals surface area contributed by atoms with Gasteiger partial charge in [-0.05, 0) is 55.5 Å². The van der Waals surface area contributed by atoms with E-state index >= 15 is 0 Å². The van der Waals surface area contributed by atoms with Crippen LogP contribution in [-0.2, 0) is 4.74 Å². The summed E-state index contributed by atoms with van der Waals surface area (Å²) in [5.74, 6) is 0.0739. The monoisotopic (exact) mass is 387 g/mol. The van der Waals surface area contributed by atoms with E-state index in [-0.39, 0.29) is 18.5 Å². The number of ether oxygens (including phenoxy) is 2. The maximum atomic E-state index is 13.0. The van der Waals surface area contributed by atoms with Gasteiger partial charge in [-0.1, -0.05) is 0 Å². The molecule has 1 aliphatic rings. The topological polar surface area (TPSA) is 71.1 Å². The fourth-order valence-corrected chi connectivity index (χ4v) is 2.87. The molecular formula is C20H22FN3O4. The second kappa shape index (κ2) is 9.07. The van der Waals surface area contributed by atoms with E-state index in [1.165, 1.54) is 12.1 Å². The summed E-state index contributed by atoms with van der Waals surface area (Å²) in [6, 6.07) is 12.6. The number of hydrogen-bond acceptors (Lipinski definition) is 5. The van der Waals surface area contributed by atoms with E-state index in [0.29, 0.717) is 37.6 Å². The Morgan fingerprint density at radius 1 is 1.00 bits per heavy atom. The number of benzene rings is 2. The summed E-state index contributed by atoms with van der Waals surface area (Å²) in [7, 11) is 0. The quantitative estimate of drug-likeness (QED) is 0.640. The number of nitrogens with zero attached hydrogens (tertiary/aromatic N) is 2. The number of hydrogen-bond donors (Lipinski definition) is 1. The van der Waals surface area contributed by atoms with Crippen molar-refractivity contribution in [2.24, 2.45) is 0 Å². The molecule has 0 atom stereocenters. The van der Waals surface area contributed by atoms with Crippen molar-refractivity contribution in [3.63, 3.8) is 0 Å². The number of piperazine rings is 1. The molecule has 0 radical (unpaired) electrons. The Bertz CT molecular complexity index is 803. The van der Waals surface area contributed by atoms with E-state index in [4.69, 9.17) is 9.47 Å². The lowest BCUT2D eigenvalue weighted by Gasteiger charge is -2.36. The van der Waals surface area contributed by atoms with Crippen molar-refractivity contribution in [1.29, 1.82) is 0 Å². The van der Waals surface area contributed by atoms with Crippen LogP contribution in [0.2, 0.25) is 0 Å². The van der Waals surface area contributed by atoms with Crippen LogP contribution in [0.1, 0.15) is 6.92 Å². The summed E-state index contributed by atoms with van der Waals surface area (Å²) in [5.41, 5.74) is 1.54. The lowest BCUT2D eigenvalue weighted by molar-refractivity contribution is 0.104. The van der Waals surface area contributed by atoms with E-state index in [1.54, 1.807) is 48.2 Å². The molecule has 148 valence electrons. The van der Waals surface area contributed by atoms with Crippen LogP contribution in [0.25, 0.3) is 0 Å². The molecule has 7 nitrogen and oxygen atoms in total. The Morgan fingerprint density at radius 2 is 1.64 bits per heavy atom. The highest BCUT2D eigenvalue weighted by atomic mass is 19.1. The molecule has 0 bridgehead atoms. The lowest BCUT2D eigenvalue weighted by Crippen LogP contribution is -2.50. The minimum Gasteiger partial charge on any atom is -0.434 e. The molecule has 8 heteroatoms. The van der Waals surface area contributed by atoms with Crippen LogP contribution >= 0.6 is 0 Å². The zero-order chi connectivity index (χ0) is 19.9. The van der Waals surface area contributed by atoms with Crippen molar-refractivity contribution in [3.8, 4) is 5.75 Å². The second-order valence-corrected chi connectivity index (χ2v) is 6.19. The van der Waals surface area contributed by atoms with E-state index in [1.807, 2.05) is 0 Å². The van der Waals surface area contributed by atoms with Gasteiger partial charge in [-0.15, -0.1) is 0 Å². The van der Waals surface area contributed by atoms with Gasteiger partial charge in [-0.25, -0.2) is 14.0 Å². The summed E-state index contributed by atoms with van der Waals surface area (Å²) in [6.45, 7) is 4.40. The second-order valence-electron chi connectivity index (χ2n) is 6.19.